The van der Waals surface area contributed by atoms with E-state index < -0.39 is 16.9 Å². The number of hydrogen-bond acceptors (Lipinski definition) is 7. The van der Waals surface area contributed by atoms with Gasteiger partial charge in [-0.25, -0.2) is 4.98 Å². The van der Waals surface area contributed by atoms with Gasteiger partial charge in [-0.15, -0.1) is 11.3 Å². The molecular weight excluding hydrogens is 418 g/mol. The predicted molar refractivity (Wildman–Crippen MR) is 116 cm³/mol. The number of benzene rings is 2. The van der Waals surface area contributed by atoms with Crippen LogP contribution in [0.25, 0.3) is 11.0 Å². The summed E-state index contributed by atoms with van der Waals surface area (Å²) < 4.78 is 5.89. The minimum absolute atomic E-state index is 0.0642. The van der Waals surface area contributed by atoms with Crippen molar-refractivity contribution < 1.29 is 14.1 Å². The fourth-order valence-corrected chi connectivity index (χ4v) is 4.69. The van der Waals surface area contributed by atoms with Gasteiger partial charge < -0.3 is 4.42 Å². The molecule has 4 aromatic rings. The highest BCUT2D eigenvalue weighted by atomic mass is 32.1. The van der Waals surface area contributed by atoms with Crippen LogP contribution in [0.15, 0.2) is 57.1 Å². The maximum absolute atomic E-state index is 13.5. The van der Waals surface area contributed by atoms with Gasteiger partial charge in [0.25, 0.3) is 11.6 Å². The van der Waals surface area contributed by atoms with Crippen molar-refractivity contribution in [2.75, 3.05) is 4.90 Å². The Labute approximate surface area is 179 Å². The minimum Gasteiger partial charge on any atom is -0.450 e. The highest BCUT2D eigenvalue weighted by Crippen LogP contribution is 2.42. The molecule has 0 N–H and O–H groups in total. The second kappa shape index (κ2) is 6.85. The third-order valence-electron chi connectivity index (χ3n) is 5.24. The Morgan fingerprint density at radius 2 is 1.97 bits per heavy atom. The van der Waals surface area contributed by atoms with Crippen LogP contribution in [0.2, 0.25) is 0 Å². The monoisotopic (exact) mass is 433 g/mol. The van der Waals surface area contributed by atoms with E-state index in [0.29, 0.717) is 21.7 Å². The van der Waals surface area contributed by atoms with E-state index in [1.54, 1.807) is 36.6 Å². The number of nitro benzene ring substituents is 1. The Morgan fingerprint density at radius 3 is 2.68 bits per heavy atom. The van der Waals surface area contributed by atoms with Gasteiger partial charge in [0.1, 0.15) is 5.58 Å². The molecule has 0 saturated carbocycles. The SMILES string of the molecule is Cc1ccc2oc3c(c(=O)c2c1)[C@H](c1cccc([N+](=O)[O-])c1)N(c1nc(C)cs1)C3=O. The van der Waals surface area contributed by atoms with Gasteiger partial charge in [-0.1, -0.05) is 23.8 Å². The molecule has 3 heterocycles. The lowest BCUT2D eigenvalue weighted by Gasteiger charge is -2.22. The largest absolute Gasteiger partial charge is 0.450 e. The average Bonchev–Trinajstić information content (AvgIpc) is 3.30. The van der Waals surface area contributed by atoms with E-state index in [1.807, 2.05) is 6.92 Å². The van der Waals surface area contributed by atoms with E-state index in [-0.39, 0.29) is 22.4 Å². The summed E-state index contributed by atoms with van der Waals surface area (Å²) in [5.74, 6) is -0.564. The summed E-state index contributed by atoms with van der Waals surface area (Å²) in [6, 6.07) is 10.2. The van der Waals surface area contributed by atoms with Crippen molar-refractivity contribution in [2.24, 2.45) is 0 Å². The van der Waals surface area contributed by atoms with Crippen LogP contribution in [-0.2, 0) is 0 Å². The number of aryl methyl sites for hydroxylation is 2. The number of carbonyl (C=O) groups is 1. The van der Waals surface area contributed by atoms with Gasteiger partial charge in [0.05, 0.1) is 27.6 Å². The number of fused-ring (bicyclic) bond motifs is 2. The molecule has 1 atom stereocenters. The van der Waals surface area contributed by atoms with E-state index in [0.717, 1.165) is 11.3 Å². The number of anilines is 1. The van der Waals surface area contributed by atoms with Crippen LogP contribution in [0, 0.1) is 24.0 Å². The van der Waals surface area contributed by atoms with E-state index in [1.165, 1.54) is 34.4 Å². The second-order valence-corrected chi connectivity index (χ2v) is 8.21. The molecule has 1 aliphatic heterocycles. The number of hydrogen-bond donors (Lipinski definition) is 0. The normalized spacial score (nSPS) is 15.5. The molecule has 5 rings (SSSR count). The molecule has 0 unspecified atom stereocenters. The summed E-state index contributed by atoms with van der Waals surface area (Å²) in [6.07, 6.45) is 0. The van der Waals surface area contributed by atoms with Gasteiger partial charge in [0.15, 0.2) is 10.6 Å². The zero-order valence-electron chi connectivity index (χ0n) is 16.5. The van der Waals surface area contributed by atoms with Gasteiger partial charge in [-0.2, -0.15) is 0 Å². The fraction of sp³-hybridized carbons (Fsp3) is 0.136. The maximum Gasteiger partial charge on any atom is 0.297 e. The summed E-state index contributed by atoms with van der Waals surface area (Å²) in [5, 5.41) is 13.9. The van der Waals surface area contributed by atoms with E-state index in [4.69, 9.17) is 4.42 Å². The van der Waals surface area contributed by atoms with Crippen molar-refractivity contribution in [3.63, 3.8) is 0 Å². The number of nitro groups is 1. The topological polar surface area (TPSA) is 107 Å². The number of non-ortho nitro benzene ring substituents is 1. The molecule has 0 aliphatic carbocycles. The summed E-state index contributed by atoms with van der Waals surface area (Å²) in [6.45, 7) is 3.66. The molecule has 154 valence electrons. The Hall–Kier alpha value is -3.85. The van der Waals surface area contributed by atoms with Gasteiger partial charge in [-0.05, 0) is 31.5 Å². The second-order valence-electron chi connectivity index (χ2n) is 7.37. The Morgan fingerprint density at radius 1 is 1.16 bits per heavy atom. The molecule has 0 bridgehead atoms. The summed E-state index contributed by atoms with van der Waals surface area (Å²) in [4.78, 5) is 43.6. The lowest BCUT2D eigenvalue weighted by Crippen LogP contribution is -2.29. The lowest BCUT2D eigenvalue weighted by atomic mass is 9.98. The van der Waals surface area contributed by atoms with Crippen molar-refractivity contribution in [1.82, 2.24) is 4.98 Å². The van der Waals surface area contributed by atoms with Crippen LogP contribution in [0.4, 0.5) is 10.8 Å². The van der Waals surface area contributed by atoms with Crippen LogP contribution in [0.1, 0.15) is 39.0 Å². The van der Waals surface area contributed by atoms with Gasteiger partial charge >= 0.3 is 0 Å². The predicted octanol–water partition coefficient (Wildman–Crippen LogP) is 4.52. The summed E-state index contributed by atoms with van der Waals surface area (Å²) >= 11 is 1.26. The first-order valence-corrected chi connectivity index (χ1v) is 10.3. The highest BCUT2D eigenvalue weighted by Gasteiger charge is 2.45. The van der Waals surface area contributed by atoms with Crippen LogP contribution in [-0.4, -0.2) is 15.8 Å². The number of rotatable bonds is 3. The minimum atomic E-state index is -0.880. The molecule has 8 nitrogen and oxygen atoms in total. The molecule has 0 spiro atoms. The Bertz CT molecular complexity index is 1460. The average molecular weight is 433 g/mol. The van der Waals surface area contributed by atoms with E-state index >= 15 is 0 Å². The number of carbonyl (C=O) groups excluding carboxylic acids is 1. The molecule has 0 saturated heterocycles. The molecule has 0 fully saturated rings. The first kappa shape index (κ1) is 19.1. The molecule has 1 aliphatic rings. The molecule has 2 aromatic carbocycles. The third-order valence-corrected chi connectivity index (χ3v) is 6.19. The Kier molecular flexibility index (Phi) is 4.23. The van der Waals surface area contributed by atoms with Crippen LogP contribution < -0.4 is 10.3 Å². The number of amides is 1. The van der Waals surface area contributed by atoms with E-state index in [2.05, 4.69) is 4.98 Å². The maximum atomic E-state index is 13.5. The first-order chi connectivity index (χ1) is 14.8. The van der Waals surface area contributed by atoms with Crippen LogP contribution >= 0.6 is 11.3 Å². The fourth-order valence-electron chi connectivity index (χ4n) is 3.86. The van der Waals surface area contributed by atoms with Crippen molar-refractivity contribution in [3.05, 3.63) is 96.3 Å². The number of thiazole rings is 1. The molecular formula is C22H15N3O5S. The van der Waals surface area contributed by atoms with Crippen LogP contribution in [0.5, 0.6) is 0 Å². The number of aromatic nitrogens is 1. The molecule has 9 heteroatoms. The smallest absolute Gasteiger partial charge is 0.297 e. The molecule has 2 aromatic heterocycles. The van der Waals surface area contributed by atoms with E-state index in [9.17, 15) is 19.7 Å². The molecule has 1 amide bonds. The Balaban J connectivity index is 1.83. The zero-order chi connectivity index (χ0) is 21.9. The van der Waals surface area contributed by atoms with Gasteiger partial charge in [0.2, 0.25) is 5.76 Å². The third kappa shape index (κ3) is 2.93. The zero-order valence-corrected chi connectivity index (χ0v) is 17.3. The standard InChI is InChI=1S/C22H15N3O5S/c1-11-6-7-16-15(8-11)19(26)17-18(13-4-3-5-14(9-13)25(28)29)24(21(27)20(17)30-16)22-23-12(2)10-31-22/h3-10,18H,1-2H3/t18-/m0/s1. The van der Waals surface area contributed by atoms with Crippen LogP contribution in [0.3, 0.4) is 0 Å². The van der Waals surface area contributed by atoms with Crippen molar-refractivity contribution in [2.45, 2.75) is 19.9 Å². The summed E-state index contributed by atoms with van der Waals surface area (Å²) in [5.41, 5.74) is 2.06. The summed E-state index contributed by atoms with van der Waals surface area (Å²) in [7, 11) is 0. The molecule has 0 radical (unpaired) electrons. The van der Waals surface area contributed by atoms with Crippen molar-refractivity contribution in [1.29, 1.82) is 0 Å². The van der Waals surface area contributed by atoms with Gasteiger partial charge in [0, 0.05) is 17.5 Å². The highest BCUT2D eigenvalue weighted by molar-refractivity contribution is 7.14. The number of nitrogens with zero attached hydrogens (tertiary/aromatic N) is 3. The lowest BCUT2D eigenvalue weighted by molar-refractivity contribution is -0.384. The van der Waals surface area contributed by atoms with Crippen molar-refractivity contribution in [3.8, 4) is 0 Å². The van der Waals surface area contributed by atoms with Crippen molar-refractivity contribution >= 4 is 39.0 Å². The molecule has 31 heavy (non-hydrogen) atoms. The quantitative estimate of drug-likeness (QED) is 0.347. The first-order valence-electron chi connectivity index (χ1n) is 9.42. The van der Waals surface area contributed by atoms with Gasteiger partial charge in [-0.3, -0.25) is 24.6 Å².